The molecule has 3 aromatic rings. The molecule has 1 aromatic heterocycles. The molecule has 22 heavy (non-hydrogen) atoms. The van der Waals surface area contributed by atoms with Crippen LogP contribution >= 0.6 is 0 Å². The molecule has 0 aliphatic rings. The van der Waals surface area contributed by atoms with E-state index in [2.05, 4.69) is 76.7 Å². The molecule has 1 heterocycles. The van der Waals surface area contributed by atoms with E-state index in [0.29, 0.717) is 5.92 Å². The van der Waals surface area contributed by atoms with Crippen molar-refractivity contribution in [2.45, 2.75) is 25.7 Å². The van der Waals surface area contributed by atoms with E-state index in [-0.39, 0.29) is 0 Å². The fourth-order valence-electron chi connectivity index (χ4n) is 2.78. The van der Waals surface area contributed by atoms with Crippen LogP contribution in [0.2, 0.25) is 0 Å². The van der Waals surface area contributed by atoms with Crippen LogP contribution in [0, 0.1) is 6.92 Å². The Hall–Kier alpha value is -2.48. The van der Waals surface area contributed by atoms with Gasteiger partial charge in [0.25, 0.3) is 0 Å². The summed E-state index contributed by atoms with van der Waals surface area (Å²) in [7, 11) is 0. The van der Waals surface area contributed by atoms with E-state index >= 15 is 0 Å². The highest BCUT2D eigenvalue weighted by atomic mass is 14.8. The summed E-state index contributed by atoms with van der Waals surface area (Å²) in [6.07, 6.45) is 3.66. The number of hydrogen-bond acceptors (Lipinski definition) is 2. The second kappa shape index (κ2) is 6.99. The van der Waals surface area contributed by atoms with Crippen molar-refractivity contribution in [1.82, 2.24) is 9.97 Å². The van der Waals surface area contributed by atoms with E-state index < -0.39 is 0 Å². The van der Waals surface area contributed by atoms with Crippen LogP contribution in [0.3, 0.4) is 0 Å². The molecule has 3 rings (SSSR count). The van der Waals surface area contributed by atoms with Crippen molar-refractivity contribution in [2.24, 2.45) is 0 Å². The first-order chi connectivity index (χ1) is 10.8. The molecule has 0 fully saturated rings. The van der Waals surface area contributed by atoms with Crippen LogP contribution in [0.4, 0.5) is 0 Å². The van der Waals surface area contributed by atoms with Gasteiger partial charge < -0.3 is 0 Å². The molecule has 0 amide bonds. The first-order valence-corrected chi connectivity index (χ1v) is 7.67. The molecule has 0 unspecified atom stereocenters. The maximum absolute atomic E-state index is 4.52. The van der Waals surface area contributed by atoms with E-state index in [9.17, 15) is 0 Å². The van der Waals surface area contributed by atoms with Gasteiger partial charge in [-0.1, -0.05) is 60.7 Å². The number of aryl methyl sites for hydroxylation is 1. The Kier molecular flexibility index (Phi) is 4.59. The van der Waals surface area contributed by atoms with Crippen molar-refractivity contribution in [3.05, 3.63) is 95.6 Å². The average Bonchev–Trinajstić information content (AvgIpc) is 2.56. The monoisotopic (exact) mass is 288 g/mol. The topological polar surface area (TPSA) is 25.8 Å². The Morgan fingerprint density at radius 3 is 1.82 bits per heavy atom. The van der Waals surface area contributed by atoms with Gasteiger partial charge in [0.05, 0.1) is 0 Å². The summed E-state index contributed by atoms with van der Waals surface area (Å²) in [4.78, 5) is 8.75. The Balaban J connectivity index is 1.88. The summed E-state index contributed by atoms with van der Waals surface area (Å²) in [6, 6.07) is 23.4. The van der Waals surface area contributed by atoms with Gasteiger partial charge in [0.2, 0.25) is 0 Å². The van der Waals surface area contributed by atoms with Crippen LogP contribution < -0.4 is 0 Å². The van der Waals surface area contributed by atoms with E-state index in [1.54, 1.807) is 6.33 Å². The molecule has 0 spiro atoms. The lowest BCUT2D eigenvalue weighted by Crippen LogP contribution is -2.09. The molecule has 0 N–H and O–H groups in total. The van der Waals surface area contributed by atoms with Crippen LogP contribution in [0.15, 0.2) is 73.1 Å². The van der Waals surface area contributed by atoms with Crippen molar-refractivity contribution < 1.29 is 0 Å². The molecular formula is C20H20N2. The molecule has 0 aliphatic heterocycles. The van der Waals surface area contributed by atoms with E-state index in [1.165, 1.54) is 11.1 Å². The maximum atomic E-state index is 4.52. The van der Waals surface area contributed by atoms with Gasteiger partial charge in [0, 0.05) is 17.3 Å². The first-order valence-electron chi connectivity index (χ1n) is 7.67. The molecule has 0 aliphatic carbocycles. The summed E-state index contributed by atoms with van der Waals surface area (Å²) < 4.78 is 0. The smallest absolute Gasteiger partial charge is 0.115 e. The Labute approximate surface area is 131 Å². The molecule has 2 aromatic carbocycles. The van der Waals surface area contributed by atoms with Crippen molar-refractivity contribution in [1.29, 1.82) is 0 Å². The summed E-state index contributed by atoms with van der Waals surface area (Å²) in [5, 5.41) is 0. The highest BCUT2D eigenvalue weighted by Gasteiger charge is 2.15. The van der Waals surface area contributed by atoms with Crippen LogP contribution in [-0.2, 0) is 12.8 Å². The van der Waals surface area contributed by atoms with E-state index in [1.807, 2.05) is 6.92 Å². The maximum Gasteiger partial charge on any atom is 0.115 e. The van der Waals surface area contributed by atoms with Gasteiger partial charge in [0.1, 0.15) is 6.33 Å². The third-order valence-corrected chi connectivity index (χ3v) is 3.89. The number of benzene rings is 2. The van der Waals surface area contributed by atoms with E-state index in [4.69, 9.17) is 0 Å². The fourth-order valence-corrected chi connectivity index (χ4v) is 2.78. The summed E-state index contributed by atoms with van der Waals surface area (Å²) >= 11 is 0. The van der Waals surface area contributed by atoms with E-state index in [0.717, 1.165) is 24.2 Å². The SMILES string of the molecule is Cc1cc(C(Cc2ccccc2)Cc2ccccc2)ncn1. The van der Waals surface area contributed by atoms with Gasteiger partial charge in [-0.25, -0.2) is 9.97 Å². The van der Waals surface area contributed by atoms with Crippen LogP contribution in [-0.4, -0.2) is 9.97 Å². The zero-order chi connectivity index (χ0) is 15.2. The Morgan fingerprint density at radius 2 is 1.32 bits per heavy atom. The lowest BCUT2D eigenvalue weighted by Gasteiger charge is -2.17. The normalized spacial score (nSPS) is 10.8. The van der Waals surface area contributed by atoms with Gasteiger partial charge >= 0.3 is 0 Å². The molecule has 0 saturated carbocycles. The third-order valence-electron chi connectivity index (χ3n) is 3.89. The molecule has 110 valence electrons. The van der Waals surface area contributed by atoms with Crippen molar-refractivity contribution in [2.75, 3.05) is 0 Å². The van der Waals surface area contributed by atoms with Crippen molar-refractivity contribution >= 4 is 0 Å². The lowest BCUT2D eigenvalue weighted by molar-refractivity contribution is 0.654. The highest BCUT2D eigenvalue weighted by Crippen LogP contribution is 2.24. The van der Waals surface area contributed by atoms with Gasteiger partial charge in [0.15, 0.2) is 0 Å². The molecule has 0 bridgehead atoms. The molecule has 0 saturated heterocycles. The van der Waals surface area contributed by atoms with Crippen molar-refractivity contribution in [3.8, 4) is 0 Å². The quantitative estimate of drug-likeness (QED) is 0.697. The van der Waals surface area contributed by atoms with Crippen LogP contribution in [0.1, 0.15) is 28.4 Å². The number of nitrogens with zero attached hydrogens (tertiary/aromatic N) is 2. The molecule has 0 radical (unpaired) electrons. The molecular weight excluding hydrogens is 268 g/mol. The second-order valence-corrected chi connectivity index (χ2v) is 5.66. The van der Waals surface area contributed by atoms with Crippen LogP contribution in [0.5, 0.6) is 0 Å². The summed E-state index contributed by atoms with van der Waals surface area (Å²) in [5.74, 6) is 0.367. The molecule has 2 heteroatoms. The van der Waals surface area contributed by atoms with Gasteiger partial charge in [-0.05, 0) is 37.0 Å². The minimum absolute atomic E-state index is 0.367. The van der Waals surface area contributed by atoms with Gasteiger partial charge in [-0.2, -0.15) is 0 Å². The lowest BCUT2D eigenvalue weighted by atomic mass is 9.89. The third kappa shape index (κ3) is 3.79. The zero-order valence-electron chi connectivity index (χ0n) is 12.8. The number of hydrogen-bond donors (Lipinski definition) is 0. The number of rotatable bonds is 5. The van der Waals surface area contributed by atoms with Gasteiger partial charge in [-0.15, -0.1) is 0 Å². The predicted molar refractivity (Wildman–Crippen MR) is 89.8 cm³/mol. The molecule has 0 atom stereocenters. The average molecular weight is 288 g/mol. The minimum atomic E-state index is 0.367. The largest absolute Gasteiger partial charge is 0.242 e. The second-order valence-electron chi connectivity index (χ2n) is 5.66. The predicted octanol–water partition coefficient (Wildman–Crippen LogP) is 4.35. The number of aromatic nitrogens is 2. The van der Waals surface area contributed by atoms with Gasteiger partial charge in [-0.3, -0.25) is 0 Å². The van der Waals surface area contributed by atoms with Crippen molar-refractivity contribution in [3.63, 3.8) is 0 Å². The highest BCUT2D eigenvalue weighted by molar-refractivity contribution is 5.24. The standard InChI is InChI=1S/C20H20N2/c1-16-12-20(22-15-21-16)19(13-17-8-4-2-5-9-17)14-18-10-6-3-7-11-18/h2-12,15,19H,13-14H2,1H3. The minimum Gasteiger partial charge on any atom is -0.242 e. The fraction of sp³-hybridized carbons (Fsp3) is 0.200. The zero-order valence-corrected chi connectivity index (χ0v) is 12.8. The van der Waals surface area contributed by atoms with Crippen LogP contribution in [0.25, 0.3) is 0 Å². The Bertz CT molecular complexity index is 667. The summed E-state index contributed by atoms with van der Waals surface area (Å²) in [6.45, 7) is 2.02. The Morgan fingerprint density at radius 1 is 0.773 bits per heavy atom. The molecule has 2 nitrogen and oxygen atoms in total. The summed E-state index contributed by atoms with van der Waals surface area (Å²) in [5.41, 5.74) is 4.84. The first kappa shape index (κ1) is 14.5.